The summed E-state index contributed by atoms with van der Waals surface area (Å²) in [6.07, 6.45) is 0.805. The Kier molecular flexibility index (Phi) is 6.33. The lowest BCUT2D eigenvalue weighted by molar-refractivity contribution is -0.140. The van der Waals surface area contributed by atoms with Crippen molar-refractivity contribution in [2.75, 3.05) is 32.9 Å². The second kappa shape index (κ2) is 9.15. The number of hydrogen-bond donors (Lipinski definition) is 0. The summed E-state index contributed by atoms with van der Waals surface area (Å²) in [6.45, 7) is 3.79. The Hall–Kier alpha value is -2.78. The van der Waals surface area contributed by atoms with Gasteiger partial charge in [-0.05, 0) is 56.2 Å². The van der Waals surface area contributed by atoms with Gasteiger partial charge in [0.15, 0.2) is 11.5 Å². The average Bonchev–Trinajstić information content (AvgIpc) is 2.80. The van der Waals surface area contributed by atoms with E-state index in [0.717, 1.165) is 0 Å². The van der Waals surface area contributed by atoms with Crippen LogP contribution in [0.15, 0.2) is 47.4 Å². The van der Waals surface area contributed by atoms with Gasteiger partial charge in [0.1, 0.15) is 24.7 Å². The van der Waals surface area contributed by atoms with Gasteiger partial charge in [-0.1, -0.05) is 0 Å². The van der Waals surface area contributed by atoms with Crippen LogP contribution < -0.4 is 18.9 Å². The summed E-state index contributed by atoms with van der Waals surface area (Å²) in [4.78, 5) is 12.7. The Morgan fingerprint density at radius 1 is 1.00 bits per heavy atom. The van der Waals surface area contributed by atoms with Crippen LogP contribution in [0, 0.1) is 5.92 Å². The molecule has 4 rings (SSSR count). The number of carbonyl (C=O) groups excluding carboxylic acids is 1. The second-order valence-electron chi connectivity index (χ2n) is 7.31. The molecule has 0 saturated carbocycles. The second-order valence-corrected chi connectivity index (χ2v) is 9.25. The molecule has 9 heteroatoms. The molecule has 0 spiro atoms. The summed E-state index contributed by atoms with van der Waals surface area (Å²) >= 11 is 0. The fraction of sp³-hybridized carbons (Fsp3) is 0.409. The molecule has 0 radical (unpaired) electrons. The van der Waals surface area contributed by atoms with E-state index in [1.54, 1.807) is 30.3 Å². The van der Waals surface area contributed by atoms with Gasteiger partial charge in [0.25, 0.3) is 0 Å². The number of hydrogen-bond acceptors (Lipinski definition) is 7. The highest BCUT2D eigenvalue weighted by atomic mass is 32.2. The molecule has 0 amide bonds. The normalized spacial score (nSPS) is 17.2. The van der Waals surface area contributed by atoms with E-state index in [1.165, 1.54) is 16.4 Å². The van der Waals surface area contributed by atoms with Gasteiger partial charge in [0, 0.05) is 19.2 Å². The largest absolute Gasteiger partial charge is 0.494 e. The smallest absolute Gasteiger partial charge is 0.314 e. The molecule has 2 aromatic carbocycles. The highest BCUT2D eigenvalue weighted by Gasteiger charge is 2.33. The van der Waals surface area contributed by atoms with Gasteiger partial charge in [-0.3, -0.25) is 4.79 Å². The van der Waals surface area contributed by atoms with E-state index in [1.807, 2.05) is 6.92 Å². The number of fused-ring (bicyclic) bond motifs is 1. The third kappa shape index (κ3) is 4.77. The minimum Gasteiger partial charge on any atom is -0.494 e. The maximum Gasteiger partial charge on any atom is 0.314 e. The van der Waals surface area contributed by atoms with E-state index in [2.05, 4.69) is 0 Å². The molecule has 2 aromatic rings. The van der Waals surface area contributed by atoms with Crippen molar-refractivity contribution in [1.82, 2.24) is 4.31 Å². The standard InChI is InChI=1S/C22H25NO7S/c1-2-27-17-3-5-18(6-4-17)30-22(24)16-9-11-23(12-10-16)31(25,26)19-7-8-20-21(15-19)29-14-13-28-20/h3-8,15-16H,2,9-14H2,1H3. The fourth-order valence-electron chi connectivity index (χ4n) is 3.64. The number of sulfonamides is 1. The maximum absolute atomic E-state index is 13.0. The number of nitrogens with zero attached hydrogens (tertiary/aromatic N) is 1. The van der Waals surface area contributed by atoms with Crippen molar-refractivity contribution in [3.05, 3.63) is 42.5 Å². The van der Waals surface area contributed by atoms with Gasteiger partial charge in [0.2, 0.25) is 10.0 Å². The number of benzene rings is 2. The van der Waals surface area contributed by atoms with E-state index in [4.69, 9.17) is 18.9 Å². The van der Waals surface area contributed by atoms with Crippen molar-refractivity contribution in [3.63, 3.8) is 0 Å². The van der Waals surface area contributed by atoms with Gasteiger partial charge in [0.05, 0.1) is 17.4 Å². The predicted molar refractivity (Wildman–Crippen MR) is 112 cm³/mol. The first-order valence-corrected chi connectivity index (χ1v) is 11.8. The lowest BCUT2D eigenvalue weighted by atomic mass is 9.98. The zero-order valence-corrected chi connectivity index (χ0v) is 18.1. The lowest BCUT2D eigenvalue weighted by Crippen LogP contribution is -2.41. The molecular weight excluding hydrogens is 422 g/mol. The zero-order chi connectivity index (χ0) is 21.8. The first-order chi connectivity index (χ1) is 15.0. The molecule has 0 atom stereocenters. The van der Waals surface area contributed by atoms with Crippen LogP contribution in [-0.4, -0.2) is 51.6 Å². The molecule has 0 N–H and O–H groups in total. The number of esters is 1. The SMILES string of the molecule is CCOc1ccc(OC(=O)C2CCN(S(=O)(=O)c3ccc4c(c3)OCCO4)CC2)cc1. The predicted octanol–water partition coefficient (Wildman–Crippen LogP) is 2.86. The van der Waals surface area contributed by atoms with Gasteiger partial charge in [-0.15, -0.1) is 0 Å². The number of rotatable bonds is 6. The summed E-state index contributed by atoms with van der Waals surface area (Å²) in [5.74, 6) is 1.43. The van der Waals surface area contributed by atoms with Gasteiger partial charge in [-0.25, -0.2) is 8.42 Å². The number of ether oxygens (including phenoxy) is 4. The summed E-state index contributed by atoms with van der Waals surface area (Å²) in [7, 11) is -3.68. The molecule has 1 saturated heterocycles. The van der Waals surface area contributed by atoms with Gasteiger partial charge < -0.3 is 18.9 Å². The van der Waals surface area contributed by atoms with Crippen molar-refractivity contribution < 1.29 is 32.2 Å². The average molecular weight is 448 g/mol. The summed E-state index contributed by atoms with van der Waals surface area (Å²) < 4.78 is 49.2. The van der Waals surface area contributed by atoms with Crippen LogP contribution in [0.2, 0.25) is 0 Å². The minimum atomic E-state index is -3.68. The summed E-state index contributed by atoms with van der Waals surface area (Å²) in [5.41, 5.74) is 0. The van der Waals surface area contributed by atoms with Crippen LogP contribution >= 0.6 is 0 Å². The number of piperidine rings is 1. The lowest BCUT2D eigenvalue weighted by Gasteiger charge is -2.30. The fourth-order valence-corrected chi connectivity index (χ4v) is 5.12. The molecule has 0 unspecified atom stereocenters. The van der Waals surface area contributed by atoms with E-state index in [0.29, 0.717) is 55.7 Å². The summed E-state index contributed by atoms with van der Waals surface area (Å²) in [5, 5.41) is 0. The first kappa shape index (κ1) is 21.5. The molecule has 1 fully saturated rings. The van der Waals surface area contributed by atoms with Crippen molar-refractivity contribution in [3.8, 4) is 23.0 Å². The third-order valence-electron chi connectivity index (χ3n) is 5.29. The highest BCUT2D eigenvalue weighted by Crippen LogP contribution is 2.34. The molecule has 8 nitrogen and oxygen atoms in total. The highest BCUT2D eigenvalue weighted by molar-refractivity contribution is 7.89. The Bertz CT molecular complexity index is 1030. The third-order valence-corrected chi connectivity index (χ3v) is 7.19. The van der Waals surface area contributed by atoms with Gasteiger partial charge >= 0.3 is 5.97 Å². The minimum absolute atomic E-state index is 0.159. The Morgan fingerprint density at radius 3 is 2.32 bits per heavy atom. The van der Waals surface area contributed by atoms with E-state index in [-0.39, 0.29) is 29.9 Å². The van der Waals surface area contributed by atoms with E-state index >= 15 is 0 Å². The molecule has 2 aliphatic rings. The summed E-state index contributed by atoms with van der Waals surface area (Å²) in [6, 6.07) is 11.5. The Morgan fingerprint density at radius 2 is 1.65 bits per heavy atom. The quantitative estimate of drug-likeness (QED) is 0.497. The monoisotopic (exact) mass is 447 g/mol. The van der Waals surface area contributed by atoms with Crippen molar-refractivity contribution in [2.45, 2.75) is 24.7 Å². The van der Waals surface area contributed by atoms with Crippen molar-refractivity contribution in [1.29, 1.82) is 0 Å². The molecule has 2 aliphatic heterocycles. The van der Waals surface area contributed by atoms with Crippen LogP contribution in [0.3, 0.4) is 0 Å². The van der Waals surface area contributed by atoms with E-state index < -0.39 is 10.0 Å². The molecule has 0 aromatic heterocycles. The van der Waals surface area contributed by atoms with Crippen LogP contribution in [0.1, 0.15) is 19.8 Å². The Balaban J connectivity index is 1.36. The van der Waals surface area contributed by atoms with Crippen LogP contribution in [0.5, 0.6) is 23.0 Å². The van der Waals surface area contributed by atoms with Crippen molar-refractivity contribution >= 4 is 16.0 Å². The molecule has 166 valence electrons. The zero-order valence-electron chi connectivity index (χ0n) is 17.3. The number of carbonyl (C=O) groups is 1. The van der Waals surface area contributed by atoms with Crippen LogP contribution in [-0.2, 0) is 14.8 Å². The molecule has 2 heterocycles. The topological polar surface area (TPSA) is 91.4 Å². The molecule has 0 aliphatic carbocycles. The molecule has 0 bridgehead atoms. The first-order valence-electron chi connectivity index (χ1n) is 10.3. The van der Waals surface area contributed by atoms with Crippen molar-refractivity contribution in [2.24, 2.45) is 5.92 Å². The van der Waals surface area contributed by atoms with Crippen LogP contribution in [0.4, 0.5) is 0 Å². The maximum atomic E-state index is 13.0. The Labute approximate surface area is 181 Å². The molecule has 31 heavy (non-hydrogen) atoms. The molecular formula is C22H25NO7S. The van der Waals surface area contributed by atoms with Crippen LogP contribution in [0.25, 0.3) is 0 Å². The van der Waals surface area contributed by atoms with Gasteiger partial charge in [-0.2, -0.15) is 4.31 Å². The van der Waals surface area contributed by atoms with E-state index in [9.17, 15) is 13.2 Å².